The van der Waals surface area contributed by atoms with Gasteiger partial charge in [-0.1, -0.05) is 48.4 Å². The molecule has 0 bridgehead atoms. The number of sulfonamides is 1. The molecule has 0 saturated carbocycles. The number of nitrogens with zero attached hydrogens (tertiary/aromatic N) is 1. The van der Waals surface area contributed by atoms with Crippen molar-refractivity contribution < 1.29 is 13.2 Å². The van der Waals surface area contributed by atoms with Crippen molar-refractivity contribution in [1.82, 2.24) is 9.62 Å². The fraction of sp³-hybridized carbons (Fsp3) is 0.435. The minimum absolute atomic E-state index is 0.00854. The number of carbonyl (C=O) groups is 1. The highest BCUT2D eigenvalue weighted by atomic mass is 32.2. The largest absolute Gasteiger partial charge is 0.352 e. The van der Waals surface area contributed by atoms with Crippen LogP contribution < -0.4 is 5.32 Å². The number of hydrogen-bond donors (Lipinski definition) is 1. The van der Waals surface area contributed by atoms with E-state index in [2.05, 4.69) is 36.5 Å². The van der Waals surface area contributed by atoms with E-state index >= 15 is 0 Å². The zero-order chi connectivity index (χ0) is 20.7. The molecule has 1 aliphatic heterocycles. The molecule has 5 nitrogen and oxygen atoms in total. The molecule has 0 radical (unpaired) electrons. The zero-order valence-electron chi connectivity index (χ0n) is 17.1. The zero-order valence-corrected chi connectivity index (χ0v) is 17.9. The fourth-order valence-corrected chi connectivity index (χ4v) is 5.27. The van der Waals surface area contributed by atoms with Crippen LogP contribution in [0.2, 0.25) is 0 Å². The highest BCUT2D eigenvalue weighted by Crippen LogP contribution is 2.17. The Bertz CT molecular complexity index is 917. The van der Waals surface area contributed by atoms with Crippen molar-refractivity contribution in [2.45, 2.75) is 44.8 Å². The Balaban J connectivity index is 1.47. The maximum Gasteiger partial charge on any atom is 0.251 e. The van der Waals surface area contributed by atoms with E-state index in [-0.39, 0.29) is 11.7 Å². The second kappa shape index (κ2) is 10.0. The van der Waals surface area contributed by atoms with Crippen LogP contribution >= 0.6 is 0 Å². The van der Waals surface area contributed by atoms with Crippen molar-refractivity contribution in [1.29, 1.82) is 0 Å². The molecule has 1 aliphatic rings. The van der Waals surface area contributed by atoms with Gasteiger partial charge >= 0.3 is 0 Å². The summed E-state index contributed by atoms with van der Waals surface area (Å²) in [6.45, 7) is 3.92. The molecule has 1 N–H and O–H groups in total. The molecule has 2 aromatic carbocycles. The monoisotopic (exact) mass is 414 g/mol. The molecule has 1 heterocycles. The van der Waals surface area contributed by atoms with Crippen LogP contribution in [0.3, 0.4) is 0 Å². The molecular formula is C23H30N2O3S. The topological polar surface area (TPSA) is 66.5 Å². The van der Waals surface area contributed by atoms with Gasteiger partial charge < -0.3 is 5.32 Å². The lowest BCUT2D eigenvalue weighted by Gasteiger charge is -2.25. The molecule has 156 valence electrons. The third-order valence-electron chi connectivity index (χ3n) is 5.28. The van der Waals surface area contributed by atoms with Crippen LogP contribution in [-0.4, -0.2) is 38.3 Å². The summed E-state index contributed by atoms with van der Waals surface area (Å²) >= 11 is 0. The van der Waals surface area contributed by atoms with Crippen LogP contribution in [0.1, 0.15) is 52.7 Å². The smallest absolute Gasteiger partial charge is 0.251 e. The lowest BCUT2D eigenvalue weighted by molar-refractivity contribution is 0.0953. The van der Waals surface area contributed by atoms with Crippen LogP contribution in [0.15, 0.2) is 48.5 Å². The third-order valence-corrected chi connectivity index (χ3v) is 7.13. The van der Waals surface area contributed by atoms with Gasteiger partial charge in [-0.15, -0.1) is 0 Å². The van der Waals surface area contributed by atoms with Crippen molar-refractivity contribution in [2.24, 2.45) is 0 Å². The number of aryl methyl sites for hydroxylation is 2. The predicted octanol–water partition coefficient (Wildman–Crippen LogP) is 3.67. The molecule has 2 aromatic rings. The summed E-state index contributed by atoms with van der Waals surface area (Å²) in [5.74, 6) is -0.134. The first-order valence-corrected chi connectivity index (χ1v) is 12.0. The van der Waals surface area contributed by atoms with Gasteiger partial charge in [-0.2, -0.15) is 0 Å². The van der Waals surface area contributed by atoms with Crippen molar-refractivity contribution in [2.75, 3.05) is 19.6 Å². The highest BCUT2D eigenvalue weighted by molar-refractivity contribution is 7.88. The molecule has 0 aromatic heterocycles. The van der Waals surface area contributed by atoms with E-state index in [1.807, 2.05) is 0 Å². The first-order valence-electron chi connectivity index (χ1n) is 10.3. The van der Waals surface area contributed by atoms with Gasteiger partial charge in [-0.25, -0.2) is 12.7 Å². The summed E-state index contributed by atoms with van der Waals surface area (Å²) in [5.41, 5.74) is 3.79. The Morgan fingerprint density at radius 1 is 1.00 bits per heavy atom. The maximum atomic E-state index is 12.5. The second-order valence-electron chi connectivity index (χ2n) is 7.76. The van der Waals surface area contributed by atoms with Crippen LogP contribution in [0.5, 0.6) is 0 Å². The quantitative estimate of drug-likeness (QED) is 0.670. The first kappa shape index (κ1) is 21.5. The summed E-state index contributed by atoms with van der Waals surface area (Å²) in [4.78, 5) is 12.3. The molecule has 0 atom stereocenters. The van der Waals surface area contributed by atoms with Crippen molar-refractivity contribution in [3.8, 4) is 0 Å². The number of benzene rings is 2. The first-order chi connectivity index (χ1) is 13.9. The molecule has 1 saturated heterocycles. The Kier molecular flexibility index (Phi) is 7.45. The van der Waals surface area contributed by atoms with Crippen molar-refractivity contribution in [3.63, 3.8) is 0 Å². The van der Waals surface area contributed by atoms with E-state index in [4.69, 9.17) is 0 Å². The third kappa shape index (κ3) is 6.41. The van der Waals surface area contributed by atoms with E-state index in [1.165, 1.54) is 11.1 Å². The minimum Gasteiger partial charge on any atom is -0.352 e. The summed E-state index contributed by atoms with van der Waals surface area (Å²) in [6, 6.07) is 15.3. The second-order valence-corrected chi connectivity index (χ2v) is 9.73. The van der Waals surface area contributed by atoms with Crippen LogP contribution in [0, 0.1) is 6.92 Å². The van der Waals surface area contributed by atoms with Gasteiger partial charge in [-0.05, 0) is 55.9 Å². The molecule has 6 heteroatoms. The van der Waals surface area contributed by atoms with Crippen LogP contribution in [0.25, 0.3) is 0 Å². The molecule has 29 heavy (non-hydrogen) atoms. The Hall–Kier alpha value is -2.18. The van der Waals surface area contributed by atoms with Crippen LogP contribution in [0.4, 0.5) is 0 Å². The number of nitrogens with one attached hydrogen (secondary N) is 1. The highest BCUT2D eigenvalue weighted by Gasteiger charge is 2.24. The van der Waals surface area contributed by atoms with E-state index in [0.717, 1.165) is 32.1 Å². The number of amides is 1. The summed E-state index contributed by atoms with van der Waals surface area (Å²) in [6.07, 6.45) is 4.77. The lowest BCUT2D eigenvalue weighted by atomic mass is 10.1. The summed E-state index contributed by atoms with van der Waals surface area (Å²) in [5, 5.41) is 2.94. The number of hydrogen-bond acceptors (Lipinski definition) is 3. The molecule has 0 unspecified atom stereocenters. The Labute approximate surface area is 174 Å². The number of carbonyl (C=O) groups excluding carboxylic acids is 1. The molecule has 1 amide bonds. The van der Waals surface area contributed by atoms with Gasteiger partial charge in [-0.3, -0.25) is 4.79 Å². The fourth-order valence-electron chi connectivity index (χ4n) is 3.66. The standard InChI is InChI=1S/C23H30N2O3S/c1-19-7-5-8-20(17-19)9-6-14-24-23(26)22-12-10-21(11-13-22)18-29(27,28)25-15-3-2-4-16-25/h5,7-8,10-13,17H,2-4,6,9,14-16,18H2,1H3,(H,24,26). The molecule has 0 spiro atoms. The van der Waals surface area contributed by atoms with Gasteiger partial charge in [0.15, 0.2) is 0 Å². The van der Waals surface area contributed by atoms with Crippen molar-refractivity contribution >= 4 is 15.9 Å². The van der Waals surface area contributed by atoms with E-state index < -0.39 is 10.0 Å². The molecular weight excluding hydrogens is 384 g/mol. The van der Waals surface area contributed by atoms with Gasteiger partial charge in [0.1, 0.15) is 0 Å². The van der Waals surface area contributed by atoms with Gasteiger partial charge in [0.2, 0.25) is 10.0 Å². The van der Waals surface area contributed by atoms with Gasteiger partial charge in [0.25, 0.3) is 5.91 Å². The average Bonchev–Trinajstić information content (AvgIpc) is 2.72. The van der Waals surface area contributed by atoms with Crippen LogP contribution in [-0.2, 0) is 22.2 Å². The molecule has 0 aliphatic carbocycles. The SMILES string of the molecule is Cc1cccc(CCCNC(=O)c2ccc(CS(=O)(=O)N3CCCCC3)cc2)c1. The number of piperidine rings is 1. The number of rotatable bonds is 8. The average molecular weight is 415 g/mol. The van der Waals surface area contributed by atoms with E-state index in [0.29, 0.717) is 30.8 Å². The molecule has 1 fully saturated rings. The lowest BCUT2D eigenvalue weighted by Crippen LogP contribution is -2.36. The maximum absolute atomic E-state index is 12.5. The summed E-state index contributed by atoms with van der Waals surface area (Å²) < 4.78 is 26.7. The minimum atomic E-state index is -3.28. The van der Waals surface area contributed by atoms with Gasteiger partial charge in [0, 0.05) is 25.2 Å². The molecule has 3 rings (SSSR count). The Morgan fingerprint density at radius 2 is 1.72 bits per heavy atom. The van der Waals surface area contributed by atoms with Crippen molar-refractivity contribution in [3.05, 3.63) is 70.8 Å². The Morgan fingerprint density at radius 3 is 2.41 bits per heavy atom. The van der Waals surface area contributed by atoms with E-state index in [1.54, 1.807) is 28.6 Å². The summed E-state index contributed by atoms with van der Waals surface area (Å²) in [7, 11) is -3.28. The predicted molar refractivity (Wildman–Crippen MR) is 116 cm³/mol. The van der Waals surface area contributed by atoms with E-state index in [9.17, 15) is 13.2 Å². The van der Waals surface area contributed by atoms with Gasteiger partial charge in [0.05, 0.1) is 5.75 Å². The normalized spacial score (nSPS) is 15.2.